The number of Topliss-reactive ketones (excluding diaryl/α,β-unsaturated/α-hetero) is 1. The number of ketones is 1. The Morgan fingerprint density at radius 1 is 1.27 bits per heavy atom. The Hall–Kier alpha value is -3.62. The number of ether oxygens (including phenoxy) is 1. The third-order valence-corrected chi connectivity index (χ3v) is 4.76. The molecule has 6 nitrogen and oxygen atoms in total. The van der Waals surface area contributed by atoms with E-state index in [1.807, 2.05) is 17.8 Å². The third kappa shape index (κ3) is 3.66. The van der Waals surface area contributed by atoms with Crippen molar-refractivity contribution in [2.45, 2.75) is 12.6 Å². The highest BCUT2D eigenvalue weighted by Crippen LogP contribution is 2.28. The summed E-state index contributed by atoms with van der Waals surface area (Å²) in [5.74, 6) is -2.63. The lowest BCUT2D eigenvalue weighted by molar-refractivity contribution is -0.189. The van der Waals surface area contributed by atoms with Gasteiger partial charge in [-0.3, -0.25) is 9.79 Å². The van der Waals surface area contributed by atoms with Crippen LogP contribution in [-0.2, 0) is 18.3 Å². The summed E-state index contributed by atoms with van der Waals surface area (Å²) >= 11 is 0. The minimum absolute atomic E-state index is 0.140. The molecular formula is C21H16F3N3O3. The van der Waals surface area contributed by atoms with Crippen molar-refractivity contribution >= 4 is 23.5 Å². The Bertz CT molecular complexity index is 1120. The fourth-order valence-corrected chi connectivity index (χ4v) is 3.41. The summed E-state index contributed by atoms with van der Waals surface area (Å²) in [7, 11) is 1.83. The maximum atomic E-state index is 12.8. The molecule has 1 N–H and O–H groups in total. The number of hydrogen-bond donors (Lipinski definition) is 1. The molecule has 4 rings (SSSR count). The fraction of sp³-hybridized carbons (Fsp3) is 0.190. The fourth-order valence-electron chi connectivity index (χ4n) is 3.41. The van der Waals surface area contributed by atoms with Crippen molar-refractivity contribution in [1.82, 2.24) is 9.88 Å². The summed E-state index contributed by atoms with van der Waals surface area (Å²) in [6, 6.07) is 5.48. The molecule has 1 aliphatic heterocycles. The van der Waals surface area contributed by atoms with Crippen LogP contribution in [0, 0.1) is 0 Å². The quantitative estimate of drug-likeness (QED) is 0.615. The highest BCUT2D eigenvalue weighted by molar-refractivity contribution is 6.26. The van der Waals surface area contributed by atoms with Crippen molar-refractivity contribution in [1.29, 1.82) is 0 Å². The zero-order chi connectivity index (χ0) is 21.5. The predicted octanol–water partition coefficient (Wildman–Crippen LogP) is 3.18. The van der Waals surface area contributed by atoms with Gasteiger partial charge in [-0.25, -0.2) is 4.79 Å². The molecule has 0 amide bonds. The number of rotatable bonds is 4. The molecule has 9 heteroatoms. The van der Waals surface area contributed by atoms with E-state index < -0.39 is 12.1 Å². The summed E-state index contributed by atoms with van der Waals surface area (Å²) in [5, 5.41) is 2.96. The van der Waals surface area contributed by atoms with E-state index in [4.69, 9.17) is 0 Å². The van der Waals surface area contributed by atoms with E-state index in [0.29, 0.717) is 23.5 Å². The molecule has 0 atom stereocenters. The van der Waals surface area contributed by atoms with Gasteiger partial charge in [-0.1, -0.05) is 12.1 Å². The Labute approximate surface area is 169 Å². The van der Waals surface area contributed by atoms with Gasteiger partial charge in [0.1, 0.15) is 11.4 Å². The van der Waals surface area contributed by atoms with Crippen molar-refractivity contribution in [2.24, 2.45) is 12.0 Å². The number of aromatic nitrogens is 1. The van der Waals surface area contributed by atoms with Gasteiger partial charge in [-0.05, 0) is 41.8 Å². The van der Waals surface area contributed by atoms with Gasteiger partial charge in [-0.15, -0.1) is 0 Å². The van der Waals surface area contributed by atoms with E-state index >= 15 is 0 Å². The molecule has 0 bridgehead atoms. The standard InChI is InChI=1S/C21H16F3N3O3/c1-27-11-13-7-9-25-15-10-16(19(28)18(27)17(13)15)26-8-6-12-2-4-14(5-3-12)30-20(29)21(22,23)24/h2-6,8,10-11,26H,7,9H2,1H3/b8-6+. The molecule has 2 heterocycles. The molecular weight excluding hydrogens is 399 g/mol. The molecule has 0 saturated heterocycles. The lowest BCUT2D eigenvalue weighted by Crippen LogP contribution is -2.27. The number of halogens is 3. The first-order valence-electron chi connectivity index (χ1n) is 9.05. The second-order valence-electron chi connectivity index (χ2n) is 6.83. The van der Waals surface area contributed by atoms with E-state index in [2.05, 4.69) is 15.0 Å². The van der Waals surface area contributed by atoms with Gasteiger partial charge in [0.15, 0.2) is 0 Å². The Kier molecular flexibility index (Phi) is 4.81. The smallest absolute Gasteiger partial charge is 0.420 e. The Balaban J connectivity index is 1.45. The summed E-state index contributed by atoms with van der Waals surface area (Å²) in [6.45, 7) is 0.671. The van der Waals surface area contributed by atoms with Crippen LogP contribution < -0.4 is 10.1 Å². The Morgan fingerprint density at radius 2 is 2.00 bits per heavy atom. The number of allylic oxidation sites excluding steroid dienone is 2. The van der Waals surface area contributed by atoms with E-state index in [0.717, 1.165) is 23.3 Å². The minimum Gasteiger partial charge on any atom is -0.420 e. The number of nitrogens with zero attached hydrogens (tertiary/aromatic N) is 2. The van der Waals surface area contributed by atoms with Gasteiger partial charge in [0.05, 0.1) is 11.4 Å². The molecule has 0 unspecified atom stereocenters. The third-order valence-electron chi connectivity index (χ3n) is 4.76. The van der Waals surface area contributed by atoms with Crippen molar-refractivity contribution < 1.29 is 27.5 Å². The highest BCUT2D eigenvalue weighted by atomic mass is 19.4. The van der Waals surface area contributed by atoms with Crippen LogP contribution in [0.15, 0.2) is 53.4 Å². The van der Waals surface area contributed by atoms with E-state index in [1.54, 1.807) is 18.4 Å². The molecule has 0 spiro atoms. The molecule has 2 aliphatic rings. The number of alkyl halides is 3. The number of carbonyl (C=O) groups is 2. The molecule has 1 aliphatic carbocycles. The van der Waals surface area contributed by atoms with Gasteiger partial charge in [-0.2, -0.15) is 13.2 Å². The highest BCUT2D eigenvalue weighted by Gasteiger charge is 2.41. The Morgan fingerprint density at radius 3 is 2.70 bits per heavy atom. The lowest BCUT2D eigenvalue weighted by atomic mass is 9.92. The van der Waals surface area contributed by atoms with Crippen molar-refractivity contribution in [3.63, 3.8) is 0 Å². The number of carbonyl (C=O) groups excluding carboxylic acids is 2. The summed E-state index contributed by atoms with van der Waals surface area (Å²) in [4.78, 5) is 28.2. The van der Waals surface area contributed by atoms with Crippen molar-refractivity contribution in [3.05, 3.63) is 70.8 Å². The maximum absolute atomic E-state index is 12.8. The average molecular weight is 415 g/mol. The maximum Gasteiger partial charge on any atom is 0.491 e. The monoisotopic (exact) mass is 415 g/mol. The zero-order valence-electron chi connectivity index (χ0n) is 15.8. The van der Waals surface area contributed by atoms with Crippen LogP contribution in [0.2, 0.25) is 0 Å². The zero-order valence-corrected chi connectivity index (χ0v) is 15.8. The largest absolute Gasteiger partial charge is 0.491 e. The van der Waals surface area contributed by atoms with Crippen LogP contribution in [0.3, 0.4) is 0 Å². The van der Waals surface area contributed by atoms with Gasteiger partial charge in [0.25, 0.3) is 0 Å². The first kappa shape index (κ1) is 19.7. The van der Waals surface area contributed by atoms with Crippen molar-refractivity contribution in [3.8, 4) is 5.75 Å². The number of aliphatic imine (C=N–C) groups is 1. The number of benzene rings is 1. The molecule has 30 heavy (non-hydrogen) atoms. The first-order valence-corrected chi connectivity index (χ1v) is 9.05. The van der Waals surface area contributed by atoms with Gasteiger partial charge in [0.2, 0.25) is 5.78 Å². The van der Waals surface area contributed by atoms with E-state index in [1.165, 1.54) is 24.3 Å². The molecule has 2 aromatic rings. The predicted molar refractivity (Wildman–Crippen MR) is 103 cm³/mol. The second-order valence-corrected chi connectivity index (χ2v) is 6.83. The van der Waals surface area contributed by atoms with Crippen LogP contribution in [0.5, 0.6) is 5.75 Å². The average Bonchev–Trinajstić information content (AvgIpc) is 3.03. The SMILES string of the molecule is Cn1cc2c3c1C(=O)C(N/C=C/c1ccc(OC(=O)C(F)(F)F)cc1)=CC3=NCC2. The van der Waals surface area contributed by atoms with Crippen LogP contribution >= 0.6 is 0 Å². The number of nitrogens with one attached hydrogen (secondary N) is 1. The van der Waals surface area contributed by atoms with Crippen LogP contribution in [0.25, 0.3) is 6.08 Å². The molecule has 0 fully saturated rings. The first-order chi connectivity index (χ1) is 14.2. The number of aryl methyl sites for hydroxylation is 1. The second kappa shape index (κ2) is 7.33. The summed E-state index contributed by atoms with van der Waals surface area (Å²) in [6.07, 6.45) is 2.63. The van der Waals surface area contributed by atoms with E-state index in [-0.39, 0.29) is 11.5 Å². The van der Waals surface area contributed by atoms with Crippen molar-refractivity contribution in [2.75, 3.05) is 6.54 Å². The van der Waals surface area contributed by atoms with E-state index in [9.17, 15) is 22.8 Å². The summed E-state index contributed by atoms with van der Waals surface area (Å²) in [5.41, 5.74) is 4.39. The van der Waals surface area contributed by atoms with Gasteiger partial charge in [0, 0.05) is 31.6 Å². The van der Waals surface area contributed by atoms with Gasteiger partial charge < -0.3 is 14.6 Å². The lowest BCUT2D eigenvalue weighted by Gasteiger charge is -2.19. The molecule has 1 aromatic carbocycles. The minimum atomic E-state index is -5.05. The van der Waals surface area contributed by atoms with Gasteiger partial charge >= 0.3 is 12.1 Å². The molecule has 0 radical (unpaired) electrons. The van der Waals surface area contributed by atoms with Crippen LogP contribution in [-0.4, -0.2) is 34.8 Å². The number of hydrogen-bond acceptors (Lipinski definition) is 5. The molecule has 154 valence electrons. The summed E-state index contributed by atoms with van der Waals surface area (Å²) < 4.78 is 42.7. The number of esters is 1. The normalized spacial score (nSPS) is 15.5. The van der Waals surface area contributed by atoms with Crippen LogP contribution in [0.1, 0.15) is 27.2 Å². The molecule has 0 saturated carbocycles. The molecule has 1 aromatic heterocycles. The topological polar surface area (TPSA) is 72.7 Å². The van der Waals surface area contributed by atoms with Crippen LogP contribution in [0.4, 0.5) is 13.2 Å².